The normalized spacial score (nSPS) is 22.0. The fraction of sp³-hybridized carbons (Fsp3) is 0.714. The van der Waals surface area contributed by atoms with Crippen LogP contribution in [0.4, 0.5) is 0 Å². The number of nitrogens with one attached hydrogen (secondary N) is 1. The molecule has 0 aromatic carbocycles. The zero-order valence-electron chi connectivity index (χ0n) is 13.2. The van der Waals surface area contributed by atoms with E-state index in [9.17, 15) is 13.2 Å². The summed E-state index contributed by atoms with van der Waals surface area (Å²) in [5.41, 5.74) is 0.817. The summed E-state index contributed by atoms with van der Waals surface area (Å²) in [6.07, 6.45) is 4.93. The fourth-order valence-corrected chi connectivity index (χ4v) is 3.45. The average Bonchev–Trinajstić information content (AvgIpc) is 3.10. The van der Waals surface area contributed by atoms with E-state index in [2.05, 4.69) is 9.71 Å². The van der Waals surface area contributed by atoms with Crippen molar-refractivity contribution in [3.05, 3.63) is 17.7 Å². The molecule has 0 bridgehead atoms. The fourth-order valence-electron chi connectivity index (χ4n) is 3.04. The molecule has 128 valence electrons. The summed E-state index contributed by atoms with van der Waals surface area (Å²) in [5.74, 6) is 0.946. The quantitative estimate of drug-likeness (QED) is 0.796. The van der Waals surface area contributed by atoms with Gasteiger partial charge in [0.1, 0.15) is 11.9 Å². The van der Waals surface area contributed by atoms with Crippen LogP contribution in [0.15, 0.2) is 6.20 Å². The molecule has 8 nitrogen and oxygen atoms in total. The highest BCUT2D eigenvalue weighted by molar-refractivity contribution is 7.88. The Labute approximate surface area is 135 Å². The van der Waals surface area contributed by atoms with Crippen LogP contribution in [0.5, 0.6) is 0 Å². The number of sulfonamides is 1. The highest BCUT2D eigenvalue weighted by Crippen LogP contribution is 2.17. The van der Waals surface area contributed by atoms with Gasteiger partial charge in [-0.3, -0.25) is 4.79 Å². The molecule has 9 heteroatoms. The number of hydrogen-bond acceptors (Lipinski definition) is 5. The lowest BCUT2D eigenvalue weighted by atomic mass is 10.2. The Morgan fingerprint density at radius 3 is 2.96 bits per heavy atom. The van der Waals surface area contributed by atoms with E-state index in [0.717, 1.165) is 30.6 Å². The van der Waals surface area contributed by atoms with E-state index in [0.29, 0.717) is 32.7 Å². The summed E-state index contributed by atoms with van der Waals surface area (Å²) >= 11 is 0. The SMILES string of the molecule is CS(=O)(=O)NCc1cnc2n1CCN(C(=O)[C@H]1CCCO1)CC2. The highest BCUT2D eigenvalue weighted by atomic mass is 32.2. The molecule has 1 aromatic heterocycles. The van der Waals surface area contributed by atoms with Crippen LogP contribution in [0.25, 0.3) is 0 Å². The molecular formula is C14H22N4O4S. The van der Waals surface area contributed by atoms with Crippen LogP contribution in [0.3, 0.4) is 0 Å². The third-order valence-electron chi connectivity index (χ3n) is 4.25. The first-order chi connectivity index (χ1) is 10.9. The first-order valence-corrected chi connectivity index (χ1v) is 9.71. The summed E-state index contributed by atoms with van der Waals surface area (Å²) < 4.78 is 32.4. The Hall–Kier alpha value is -1.45. The number of aromatic nitrogens is 2. The topological polar surface area (TPSA) is 93.5 Å². The number of ether oxygens (including phenoxy) is 1. The minimum atomic E-state index is -3.24. The maximum atomic E-state index is 12.4. The number of carbonyl (C=O) groups excluding carboxylic acids is 1. The van der Waals surface area contributed by atoms with Gasteiger partial charge < -0.3 is 14.2 Å². The van der Waals surface area contributed by atoms with Gasteiger partial charge in [-0.15, -0.1) is 0 Å². The first kappa shape index (κ1) is 16.4. The molecule has 0 aliphatic carbocycles. The Kier molecular flexibility index (Phi) is 4.69. The van der Waals surface area contributed by atoms with Crippen molar-refractivity contribution in [2.75, 3.05) is 26.0 Å². The Morgan fingerprint density at radius 2 is 2.26 bits per heavy atom. The lowest BCUT2D eigenvalue weighted by molar-refractivity contribution is -0.140. The van der Waals surface area contributed by atoms with Gasteiger partial charge >= 0.3 is 0 Å². The van der Waals surface area contributed by atoms with E-state index in [-0.39, 0.29) is 18.6 Å². The third-order valence-corrected chi connectivity index (χ3v) is 4.92. The molecule has 1 saturated heterocycles. The molecule has 23 heavy (non-hydrogen) atoms. The molecule has 3 rings (SSSR count). The predicted octanol–water partition coefficient (Wildman–Crippen LogP) is -0.504. The van der Waals surface area contributed by atoms with Crippen molar-refractivity contribution in [3.8, 4) is 0 Å². The monoisotopic (exact) mass is 342 g/mol. The molecule has 0 saturated carbocycles. The second kappa shape index (κ2) is 6.58. The number of carbonyl (C=O) groups is 1. The van der Waals surface area contributed by atoms with E-state index in [4.69, 9.17) is 4.74 Å². The summed E-state index contributed by atoms with van der Waals surface area (Å²) in [4.78, 5) is 18.6. The Morgan fingerprint density at radius 1 is 1.43 bits per heavy atom. The summed E-state index contributed by atoms with van der Waals surface area (Å²) in [6, 6.07) is 0. The van der Waals surface area contributed by atoms with Crippen molar-refractivity contribution in [2.45, 2.75) is 38.5 Å². The lowest BCUT2D eigenvalue weighted by Gasteiger charge is -2.23. The molecule has 0 radical (unpaired) electrons. The number of fused-ring (bicyclic) bond motifs is 1. The van der Waals surface area contributed by atoms with Crippen molar-refractivity contribution in [1.82, 2.24) is 19.2 Å². The van der Waals surface area contributed by atoms with Crippen molar-refractivity contribution in [3.63, 3.8) is 0 Å². The molecule has 1 aromatic rings. The van der Waals surface area contributed by atoms with Gasteiger partial charge in [-0.2, -0.15) is 0 Å². The Bertz CT molecular complexity index is 679. The molecular weight excluding hydrogens is 320 g/mol. The van der Waals surface area contributed by atoms with Crippen LogP contribution < -0.4 is 4.72 Å². The lowest BCUT2D eigenvalue weighted by Crippen LogP contribution is -2.40. The van der Waals surface area contributed by atoms with Gasteiger partial charge in [0, 0.05) is 38.9 Å². The Balaban J connectivity index is 1.66. The van der Waals surface area contributed by atoms with Gasteiger partial charge in [-0.05, 0) is 12.8 Å². The summed E-state index contributed by atoms with van der Waals surface area (Å²) in [6.45, 7) is 2.70. The molecule has 1 N–H and O–H groups in total. The predicted molar refractivity (Wildman–Crippen MR) is 83.2 cm³/mol. The van der Waals surface area contributed by atoms with Crippen molar-refractivity contribution in [2.24, 2.45) is 0 Å². The first-order valence-electron chi connectivity index (χ1n) is 7.82. The van der Waals surface area contributed by atoms with Crippen LogP contribution in [0, 0.1) is 0 Å². The molecule has 2 aliphatic rings. The van der Waals surface area contributed by atoms with E-state index in [1.165, 1.54) is 0 Å². The molecule has 2 aliphatic heterocycles. The van der Waals surface area contributed by atoms with Crippen LogP contribution >= 0.6 is 0 Å². The van der Waals surface area contributed by atoms with Gasteiger partial charge in [0.2, 0.25) is 10.0 Å². The van der Waals surface area contributed by atoms with Crippen molar-refractivity contribution >= 4 is 15.9 Å². The summed E-state index contributed by atoms with van der Waals surface area (Å²) in [7, 11) is -3.24. The van der Waals surface area contributed by atoms with Gasteiger partial charge in [-0.25, -0.2) is 18.1 Å². The largest absolute Gasteiger partial charge is 0.368 e. The number of rotatable bonds is 4. The zero-order valence-corrected chi connectivity index (χ0v) is 14.0. The number of amides is 1. The van der Waals surface area contributed by atoms with Gasteiger partial charge in [0.25, 0.3) is 5.91 Å². The van der Waals surface area contributed by atoms with E-state index in [1.54, 1.807) is 6.20 Å². The van der Waals surface area contributed by atoms with Crippen LogP contribution in [0.1, 0.15) is 24.4 Å². The van der Waals surface area contributed by atoms with E-state index in [1.807, 2.05) is 9.47 Å². The van der Waals surface area contributed by atoms with Crippen molar-refractivity contribution < 1.29 is 17.9 Å². The van der Waals surface area contributed by atoms with Crippen molar-refractivity contribution in [1.29, 1.82) is 0 Å². The van der Waals surface area contributed by atoms with Gasteiger partial charge in [0.15, 0.2) is 0 Å². The number of hydrogen-bond donors (Lipinski definition) is 1. The van der Waals surface area contributed by atoms with Crippen LogP contribution in [0.2, 0.25) is 0 Å². The minimum Gasteiger partial charge on any atom is -0.368 e. The summed E-state index contributed by atoms with van der Waals surface area (Å²) in [5, 5.41) is 0. The smallest absolute Gasteiger partial charge is 0.251 e. The number of imidazole rings is 1. The second-order valence-corrected chi connectivity index (χ2v) is 7.82. The minimum absolute atomic E-state index is 0.0593. The molecule has 1 atom stereocenters. The van der Waals surface area contributed by atoms with E-state index >= 15 is 0 Å². The molecule has 3 heterocycles. The molecule has 0 spiro atoms. The number of nitrogens with zero attached hydrogens (tertiary/aromatic N) is 3. The van der Waals surface area contributed by atoms with Crippen LogP contribution in [-0.4, -0.2) is 60.8 Å². The second-order valence-electron chi connectivity index (χ2n) is 5.99. The van der Waals surface area contributed by atoms with Gasteiger partial charge in [0.05, 0.1) is 18.5 Å². The van der Waals surface area contributed by atoms with Gasteiger partial charge in [-0.1, -0.05) is 0 Å². The van der Waals surface area contributed by atoms with Crippen LogP contribution in [-0.2, 0) is 39.1 Å². The zero-order chi connectivity index (χ0) is 16.4. The van der Waals surface area contributed by atoms with E-state index < -0.39 is 10.0 Å². The standard InChI is InChI=1S/C14H22N4O4S/c1-23(20,21)16-10-11-9-15-13-4-5-17(6-7-18(11)13)14(19)12-3-2-8-22-12/h9,12,16H,2-8,10H2,1H3/t12-/m1/s1. The maximum Gasteiger partial charge on any atom is 0.251 e. The molecule has 1 amide bonds. The average molecular weight is 342 g/mol. The maximum absolute atomic E-state index is 12.4. The molecule has 0 unspecified atom stereocenters. The molecule has 1 fully saturated rings. The highest BCUT2D eigenvalue weighted by Gasteiger charge is 2.29. The third kappa shape index (κ3) is 3.91.